The third-order valence-corrected chi connectivity index (χ3v) is 6.66. The normalized spacial score (nSPS) is 17.2. The number of rotatable bonds is 3. The van der Waals surface area contributed by atoms with Gasteiger partial charge in [0.1, 0.15) is 22.9 Å². The van der Waals surface area contributed by atoms with E-state index in [2.05, 4.69) is 24.9 Å². The van der Waals surface area contributed by atoms with Crippen LogP contribution < -0.4 is 4.90 Å². The predicted octanol–water partition coefficient (Wildman–Crippen LogP) is 1.70. The van der Waals surface area contributed by atoms with Crippen molar-refractivity contribution in [3.05, 3.63) is 66.0 Å². The Morgan fingerprint density at radius 1 is 1.03 bits per heavy atom. The minimum Gasteiger partial charge on any atom is -0.361 e. The second-order valence-corrected chi connectivity index (χ2v) is 8.96. The molecule has 0 aliphatic carbocycles. The zero-order valence-corrected chi connectivity index (χ0v) is 19.7. The van der Waals surface area contributed by atoms with Gasteiger partial charge < -0.3 is 19.7 Å². The summed E-state index contributed by atoms with van der Waals surface area (Å²) in [6.45, 7) is 0.820. The quantitative estimate of drug-likeness (QED) is 0.437. The van der Waals surface area contributed by atoms with E-state index < -0.39 is 17.7 Å². The number of H-pyrrole nitrogens is 1. The number of carbonyl (C=O) groups excluding carboxylic acids is 3. The van der Waals surface area contributed by atoms with Gasteiger partial charge in [0.25, 0.3) is 17.6 Å². The zero-order chi connectivity index (χ0) is 25.0. The topological polar surface area (TPSA) is 128 Å². The predicted molar refractivity (Wildman–Crippen MR) is 130 cm³/mol. The number of carbonyl (C=O) groups is 3. The van der Waals surface area contributed by atoms with Crippen LogP contribution in [0.1, 0.15) is 32.6 Å². The molecule has 180 valence electrons. The highest BCUT2D eigenvalue weighted by atomic mass is 16.2. The molecule has 2 aliphatic heterocycles. The lowest BCUT2D eigenvalue weighted by Crippen LogP contribution is -2.56. The fourth-order valence-corrected chi connectivity index (χ4v) is 4.85. The Bertz CT molecular complexity index is 1510. The fourth-order valence-electron chi connectivity index (χ4n) is 4.85. The van der Waals surface area contributed by atoms with Crippen LogP contribution in [0.25, 0.3) is 22.3 Å². The van der Waals surface area contributed by atoms with Crippen molar-refractivity contribution in [1.29, 1.82) is 0 Å². The highest BCUT2D eigenvalue weighted by molar-refractivity contribution is 6.46. The number of nitrogens with one attached hydrogen (secondary N) is 1. The summed E-state index contributed by atoms with van der Waals surface area (Å²) in [7, 11) is 3.75. The van der Waals surface area contributed by atoms with Gasteiger partial charge in [-0.05, 0) is 18.2 Å². The molecule has 1 N–H and O–H groups in total. The van der Waals surface area contributed by atoms with E-state index in [4.69, 9.17) is 0 Å². The molecule has 4 aromatic rings. The van der Waals surface area contributed by atoms with Gasteiger partial charge >= 0.3 is 0 Å². The van der Waals surface area contributed by atoms with Gasteiger partial charge in [-0.1, -0.05) is 6.07 Å². The van der Waals surface area contributed by atoms with Crippen molar-refractivity contribution in [1.82, 2.24) is 34.7 Å². The van der Waals surface area contributed by atoms with Crippen LogP contribution in [-0.4, -0.2) is 86.0 Å². The average Bonchev–Trinajstić information content (AvgIpc) is 3.32. The first-order valence-corrected chi connectivity index (χ1v) is 11.5. The first-order chi connectivity index (χ1) is 17.4. The maximum absolute atomic E-state index is 13.2. The van der Waals surface area contributed by atoms with E-state index in [0.717, 1.165) is 0 Å². The fraction of sp³-hybridized carbons (Fsp3) is 0.240. The summed E-state index contributed by atoms with van der Waals surface area (Å²) in [5.74, 6) is -0.640. The molecule has 6 heterocycles. The standard InChI is InChI=1S/C25H22N8O3/c1-31(2)18-12-28-16(11-29-18)21-20-14(6-8-27-21)19-22(30-20)17-13-32(9-10-33(17)25(36)23(19)34)24(35)15-5-3-4-7-26-15/h3-8,11-12,17,30H,9-10,13H2,1-2H3. The largest absolute Gasteiger partial charge is 0.361 e. The Labute approximate surface area is 205 Å². The number of aromatic amines is 1. The van der Waals surface area contributed by atoms with Gasteiger partial charge in [-0.2, -0.15) is 0 Å². The summed E-state index contributed by atoms with van der Waals surface area (Å²) >= 11 is 0. The van der Waals surface area contributed by atoms with Gasteiger partial charge in [0.15, 0.2) is 0 Å². The van der Waals surface area contributed by atoms with E-state index in [1.165, 1.54) is 0 Å². The molecule has 36 heavy (non-hydrogen) atoms. The number of hydrogen-bond acceptors (Lipinski definition) is 8. The second-order valence-electron chi connectivity index (χ2n) is 8.96. The van der Waals surface area contributed by atoms with E-state index in [1.807, 2.05) is 19.0 Å². The van der Waals surface area contributed by atoms with E-state index in [1.54, 1.807) is 58.9 Å². The van der Waals surface area contributed by atoms with Crippen LogP contribution in [0.2, 0.25) is 0 Å². The lowest BCUT2D eigenvalue weighted by atomic mass is 9.93. The van der Waals surface area contributed by atoms with Crippen molar-refractivity contribution in [3.8, 4) is 11.4 Å². The van der Waals surface area contributed by atoms with Crippen LogP contribution in [0, 0.1) is 0 Å². The van der Waals surface area contributed by atoms with Gasteiger partial charge in [-0.25, -0.2) is 9.97 Å². The number of ketones is 1. The third-order valence-electron chi connectivity index (χ3n) is 6.66. The summed E-state index contributed by atoms with van der Waals surface area (Å²) in [5, 5.41) is 0.597. The molecule has 0 saturated carbocycles. The van der Waals surface area contributed by atoms with Gasteiger partial charge in [-0.15, -0.1) is 0 Å². The minimum absolute atomic E-state index is 0.212. The molecule has 6 rings (SSSR count). The van der Waals surface area contributed by atoms with Gasteiger partial charge in [-0.3, -0.25) is 24.4 Å². The SMILES string of the molecule is CN(C)c1cnc(-c2nccc3c4c([nH]c23)C2CN(C(=O)c3ccccn3)CCN2C(=O)C4=O)cn1. The average molecular weight is 483 g/mol. The van der Waals surface area contributed by atoms with Crippen molar-refractivity contribution in [2.45, 2.75) is 6.04 Å². The Kier molecular flexibility index (Phi) is 4.99. The highest BCUT2D eigenvalue weighted by Crippen LogP contribution is 2.39. The van der Waals surface area contributed by atoms with Crippen LogP contribution in [0.4, 0.5) is 5.82 Å². The number of aromatic nitrogens is 5. The van der Waals surface area contributed by atoms with Gasteiger partial charge in [0.2, 0.25) is 0 Å². The number of pyridine rings is 2. The molecule has 0 radical (unpaired) electrons. The molecule has 0 spiro atoms. The molecule has 0 bridgehead atoms. The lowest BCUT2D eigenvalue weighted by molar-refractivity contribution is -0.131. The molecular formula is C25H22N8O3. The number of Topliss-reactive ketones (excluding diaryl/α,β-unsaturated/α-hetero) is 1. The number of hydrogen-bond donors (Lipinski definition) is 1. The van der Waals surface area contributed by atoms with E-state index in [-0.39, 0.29) is 19.0 Å². The van der Waals surface area contributed by atoms with E-state index in [9.17, 15) is 14.4 Å². The molecule has 1 saturated heterocycles. The highest BCUT2D eigenvalue weighted by Gasteiger charge is 2.45. The van der Waals surface area contributed by atoms with Crippen molar-refractivity contribution < 1.29 is 14.4 Å². The number of piperazine rings is 1. The number of fused-ring (bicyclic) bond motifs is 5. The second kappa shape index (κ2) is 8.22. The maximum atomic E-state index is 13.2. The molecule has 0 aromatic carbocycles. The number of nitrogens with zero attached hydrogens (tertiary/aromatic N) is 7. The monoisotopic (exact) mass is 482 g/mol. The zero-order valence-electron chi connectivity index (χ0n) is 19.7. The molecule has 1 fully saturated rings. The Morgan fingerprint density at radius 2 is 1.89 bits per heavy atom. The van der Waals surface area contributed by atoms with Crippen LogP contribution in [0.5, 0.6) is 0 Å². The molecular weight excluding hydrogens is 460 g/mol. The molecule has 2 aliphatic rings. The number of anilines is 1. The van der Waals surface area contributed by atoms with Crippen LogP contribution >= 0.6 is 0 Å². The van der Waals surface area contributed by atoms with Crippen molar-refractivity contribution in [2.24, 2.45) is 0 Å². The summed E-state index contributed by atoms with van der Waals surface area (Å²) < 4.78 is 0. The Balaban J connectivity index is 1.43. The van der Waals surface area contributed by atoms with Gasteiger partial charge in [0, 0.05) is 51.5 Å². The van der Waals surface area contributed by atoms with Crippen LogP contribution in [-0.2, 0) is 4.79 Å². The summed E-state index contributed by atoms with van der Waals surface area (Å²) in [4.78, 5) is 65.4. The maximum Gasteiger partial charge on any atom is 0.295 e. The lowest BCUT2D eigenvalue weighted by Gasteiger charge is -2.42. The van der Waals surface area contributed by atoms with Crippen LogP contribution in [0.15, 0.2) is 49.1 Å². The summed E-state index contributed by atoms with van der Waals surface area (Å²) in [6, 6.07) is 6.41. The molecule has 11 nitrogen and oxygen atoms in total. The molecule has 4 aromatic heterocycles. The first kappa shape index (κ1) is 21.8. The van der Waals surface area contributed by atoms with Crippen LogP contribution in [0.3, 0.4) is 0 Å². The Hall–Kier alpha value is -4.67. The van der Waals surface area contributed by atoms with Crippen molar-refractivity contribution >= 4 is 34.3 Å². The third kappa shape index (κ3) is 3.31. The molecule has 1 unspecified atom stereocenters. The first-order valence-electron chi connectivity index (χ1n) is 11.5. The smallest absolute Gasteiger partial charge is 0.295 e. The molecule has 11 heteroatoms. The van der Waals surface area contributed by atoms with Crippen molar-refractivity contribution in [2.75, 3.05) is 38.6 Å². The van der Waals surface area contributed by atoms with E-state index >= 15 is 0 Å². The Morgan fingerprint density at radius 3 is 2.61 bits per heavy atom. The molecule has 1 atom stereocenters. The summed E-state index contributed by atoms with van der Waals surface area (Å²) in [6.07, 6.45) is 6.45. The summed E-state index contributed by atoms with van der Waals surface area (Å²) in [5.41, 5.74) is 2.93. The number of amides is 2. The minimum atomic E-state index is -0.566. The van der Waals surface area contributed by atoms with Crippen molar-refractivity contribution in [3.63, 3.8) is 0 Å². The van der Waals surface area contributed by atoms with Gasteiger partial charge in [0.05, 0.1) is 35.2 Å². The van der Waals surface area contributed by atoms with E-state index in [0.29, 0.717) is 51.6 Å². The molecule has 2 amide bonds.